The SMILES string of the molecule is Cc1cc(CC2CO2)cc(C)c1C. The van der Waals surface area contributed by atoms with Crippen molar-refractivity contribution in [3.8, 4) is 0 Å². The molecule has 70 valence electrons. The molecule has 1 aliphatic heterocycles. The first kappa shape index (κ1) is 8.76. The summed E-state index contributed by atoms with van der Waals surface area (Å²) in [5.41, 5.74) is 5.63. The molecule has 0 saturated carbocycles. The van der Waals surface area contributed by atoms with Gasteiger partial charge in [0.15, 0.2) is 0 Å². The van der Waals surface area contributed by atoms with E-state index in [1.807, 2.05) is 0 Å². The fourth-order valence-electron chi connectivity index (χ4n) is 1.69. The molecule has 1 fully saturated rings. The Morgan fingerprint density at radius 3 is 2.23 bits per heavy atom. The molecule has 1 heterocycles. The summed E-state index contributed by atoms with van der Waals surface area (Å²) < 4.78 is 5.22. The highest BCUT2D eigenvalue weighted by Gasteiger charge is 2.22. The summed E-state index contributed by atoms with van der Waals surface area (Å²) in [6.07, 6.45) is 1.59. The van der Waals surface area contributed by atoms with Gasteiger partial charge in [-0.25, -0.2) is 0 Å². The van der Waals surface area contributed by atoms with Crippen LogP contribution in [0.3, 0.4) is 0 Å². The number of hydrogen-bond acceptors (Lipinski definition) is 1. The molecular weight excluding hydrogens is 160 g/mol. The molecule has 0 bridgehead atoms. The van der Waals surface area contributed by atoms with Gasteiger partial charge in [-0.05, 0) is 43.0 Å². The molecule has 1 nitrogen and oxygen atoms in total. The maximum atomic E-state index is 5.22. The van der Waals surface area contributed by atoms with Crippen LogP contribution in [0, 0.1) is 20.8 Å². The van der Waals surface area contributed by atoms with Gasteiger partial charge in [-0.2, -0.15) is 0 Å². The Bertz CT molecular complexity index is 301. The molecule has 0 aromatic heterocycles. The highest BCUT2D eigenvalue weighted by Crippen LogP contribution is 2.20. The van der Waals surface area contributed by atoms with E-state index in [0.29, 0.717) is 6.10 Å². The molecule has 0 aliphatic carbocycles. The maximum Gasteiger partial charge on any atom is 0.0850 e. The van der Waals surface area contributed by atoms with Gasteiger partial charge in [0, 0.05) is 6.42 Å². The van der Waals surface area contributed by atoms with E-state index in [4.69, 9.17) is 4.74 Å². The van der Waals surface area contributed by atoms with Gasteiger partial charge in [0.05, 0.1) is 12.7 Å². The Kier molecular flexibility index (Phi) is 2.12. The molecule has 0 spiro atoms. The molecule has 0 amide bonds. The van der Waals surface area contributed by atoms with Crippen LogP contribution in [0.1, 0.15) is 22.3 Å². The summed E-state index contributed by atoms with van der Waals surface area (Å²) in [4.78, 5) is 0. The molecule has 1 heteroatoms. The zero-order chi connectivity index (χ0) is 9.42. The minimum Gasteiger partial charge on any atom is -0.373 e. The molecule has 1 saturated heterocycles. The molecule has 1 aliphatic rings. The first-order valence-corrected chi connectivity index (χ1v) is 4.85. The number of rotatable bonds is 2. The lowest BCUT2D eigenvalue weighted by Crippen LogP contribution is -1.96. The fraction of sp³-hybridized carbons (Fsp3) is 0.500. The lowest BCUT2D eigenvalue weighted by atomic mass is 9.98. The summed E-state index contributed by atoms with van der Waals surface area (Å²) in [7, 11) is 0. The van der Waals surface area contributed by atoms with E-state index in [1.54, 1.807) is 0 Å². The van der Waals surface area contributed by atoms with Gasteiger partial charge >= 0.3 is 0 Å². The molecule has 1 aromatic carbocycles. The molecule has 1 unspecified atom stereocenters. The van der Waals surface area contributed by atoms with Crippen LogP contribution in [-0.4, -0.2) is 12.7 Å². The first-order valence-electron chi connectivity index (χ1n) is 4.85. The Morgan fingerprint density at radius 2 is 1.77 bits per heavy atom. The average Bonchev–Trinajstić information content (AvgIpc) is 2.84. The standard InChI is InChI=1S/C12H16O/c1-8-4-11(6-12-7-13-12)5-9(2)10(8)3/h4-5,12H,6-7H2,1-3H3. The van der Waals surface area contributed by atoms with Gasteiger partial charge in [0.25, 0.3) is 0 Å². The monoisotopic (exact) mass is 176 g/mol. The predicted molar refractivity (Wildman–Crippen MR) is 54.1 cm³/mol. The van der Waals surface area contributed by atoms with Crippen molar-refractivity contribution in [2.75, 3.05) is 6.61 Å². The Morgan fingerprint density at radius 1 is 1.23 bits per heavy atom. The van der Waals surface area contributed by atoms with Gasteiger partial charge < -0.3 is 4.74 Å². The smallest absolute Gasteiger partial charge is 0.0850 e. The zero-order valence-corrected chi connectivity index (χ0v) is 8.55. The lowest BCUT2D eigenvalue weighted by molar-refractivity contribution is 0.407. The van der Waals surface area contributed by atoms with Gasteiger partial charge in [-0.15, -0.1) is 0 Å². The highest BCUT2D eigenvalue weighted by molar-refractivity contribution is 5.37. The van der Waals surface area contributed by atoms with Crippen molar-refractivity contribution in [3.05, 3.63) is 34.4 Å². The summed E-state index contributed by atoms with van der Waals surface area (Å²) in [5.74, 6) is 0. The summed E-state index contributed by atoms with van der Waals surface area (Å²) in [6, 6.07) is 4.56. The van der Waals surface area contributed by atoms with Gasteiger partial charge in [0.1, 0.15) is 0 Å². The summed E-state index contributed by atoms with van der Waals surface area (Å²) >= 11 is 0. The summed E-state index contributed by atoms with van der Waals surface area (Å²) in [5, 5.41) is 0. The Hall–Kier alpha value is -0.820. The van der Waals surface area contributed by atoms with Gasteiger partial charge in [0.2, 0.25) is 0 Å². The average molecular weight is 176 g/mol. The van der Waals surface area contributed by atoms with E-state index in [9.17, 15) is 0 Å². The normalized spacial score (nSPS) is 20.4. The van der Waals surface area contributed by atoms with Crippen molar-refractivity contribution < 1.29 is 4.74 Å². The molecule has 2 rings (SSSR count). The molecule has 13 heavy (non-hydrogen) atoms. The van der Waals surface area contributed by atoms with E-state index >= 15 is 0 Å². The number of epoxide rings is 1. The van der Waals surface area contributed by atoms with E-state index in [1.165, 1.54) is 22.3 Å². The van der Waals surface area contributed by atoms with Crippen molar-refractivity contribution in [3.63, 3.8) is 0 Å². The van der Waals surface area contributed by atoms with Crippen molar-refractivity contribution >= 4 is 0 Å². The van der Waals surface area contributed by atoms with Crippen molar-refractivity contribution in [2.24, 2.45) is 0 Å². The van der Waals surface area contributed by atoms with Crippen LogP contribution in [0.2, 0.25) is 0 Å². The predicted octanol–water partition coefficient (Wildman–Crippen LogP) is 2.55. The van der Waals surface area contributed by atoms with Crippen LogP contribution < -0.4 is 0 Å². The van der Waals surface area contributed by atoms with Crippen molar-refractivity contribution in [1.29, 1.82) is 0 Å². The van der Waals surface area contributed by atoms with E-state index < -0.39 is 0 Å². The number of benzene rings is 1. The molecule has 0 radical (unpaired) electrons. The van der Waals surface area contributed by atoms with Gasteiger partial charge in [-0.1, -0.05) is 12.1 Å². The second-order valence-corrected chi connectivity index (χ2v) is 4.01. The zero-order valence-electron chi connectivity index (χ0n) is 8.55. The Balaban J connectivity index is 2.25. The number of ether oxygens (including phenoxy) is 1. The lowest BCUT2D eigenvalue weighted by Gasteiger charge is -2.07. The van der Waals surface area contributed by atoms with Crippen molar-refractivity contribution in [2.45, 2.75) is 33.3 Å². The molecule has 1 atom stereocenters. The largest absolute Gasteiger partial charge is 0.373 e. The third kappa shape index (κ3) is 1.92. The number of hydrogen-bond donors (Lipinski definition) is 0. The molecule has 1 aromatic rings. The summed E-state index contributed by atoms with van der Waals surface area (Å²) in [6.45, 7) is 7.49. The quantitative estimate of drug-likeness (QED) is 0.631. The van der Waals surface area contributed by atoms with Crippen LogP contribution in [0.4, 0.5) is 0 Å². The topological polar surface area (TPSA) is 12.5 Å². The fourth-order valence-corrected chi connectivity index (χ4v) is 1.69. The molecular formula is C12H16O. The first-order chi connectivity index (χ1) is 6.16. The van der Waals surface area contributed by atoms with E-state index in [0.717, 1.165) is 13.0 Å². The van der Waals surface area contributed by atoms with Gasteiger partial charge in [-0.3, -0.25) is 0 Å². The van der Waals surface area contributed by atoms with Crippen LogP contribution in [0.25, 0.3) is 0 Å². The van der Waals surface area contributed by atoms with E-state index in [2.05, 4.69) is 32.9 Å². The van der Waals surface area contributed by atoms with Crippen LogP contribution in [0.15, 0.2) is 12.1 Å². The third-order valence-corrected chi connectivity index (χ3v) is 2.85. The van der Waals surface area contributed by atoms with Crippen molar-refractivity contribution in [1.82, 2.24) is 0 Å². The number of aryl methyl sites for hydroxylation is 2. The Labute approximate surface area is 79.7 Å². The van der Waals surface area contributed by atoms with Crippen LogP contribution in [0.5, 0.6) is 0 Å². The van der Waals surface area contributed by atoms with Crippen LogP contribution in [-0.2, 0) is 11.2 Å². The molecule has 0 N–H and O–H groups in total. The highest BCUT2D eigenvalue weighted by atomic mass is 16.6. The van der Waals surface area contributed by atoms with E-state index in [-0.39, 0.29) is 0 Å². The maximum absolute atomic E-state index is 5.22. The third-order valence-electron chi connectivity index (χ3n) is 2.85. The second-order valence-electron chi connectivity index (χ2n) is 4.01. The second kappa shape index (κ2) is 3.15. The minimum atomic E-state index is 0.501. The van der Waals surface area contributed by atoms with Crippen LogP contribution >= 0.6 is 0 Å². The minimum absolute atomic E-state index is 0.501.